The Labute approximate surface area is 151 Å². The van der Waals surface area contributed by atoms with Crippen molar-refractivity contribution in [3.05, 3.63) is 64.6 Å². The zero-order valence-electron chi connectivity index (χ0n) is 15.0. The maximum absolute atomic E-state index is 12.5. The zero-order valence-corrected chi connectivity index (χ0v) is 15.0. The van der Waals surface area contributed by atoms with E-state index in [-0.39, 0.29) is 18.9 Å². The van der Waals surface area contributed by atoms with Crippen molar-refractivity contribution >= 4 is 22.8 Å². The predicted molar refractivity (Wildman–Crippen MR) is 97.1 cm³/mol. The smallest absolute Gasteiger partial charge is 0.355 e. The van der Waals surface area contributed by atoms with Gasteiger partial charge in [-0.1, -0.05) is 24.3 Å². The minimum absolute atomic E-state index is 0.0580. The van der Waals surface area contributed by atoms with Crippen LogP contribution in [0.15, 0.2) is 36.4 Å². The molecule has 0 aliphatic heterocycles. The number of pyridine rings is 1. The summed E-state index contributed by atoms with van der Waals surface area (Å²) >= 11 is 0. The lowest BCUT2D eigenvalue weighted by Gasteiger charge is -2.06. The molecule has 1 N–H and O–H groups in total. The lowest BCUT2D eigenvalue weighted by molar-refractivity contribution is 0.0466. The summed E-state index contributed by atoms with van der Waals surface area (Å²) < 4.78 is 10.4. The molecule has 26 heavy (non-hydrogen) atoms. The number of esters is 2. The van der Waals surface area contributed by atoms with Crippen LogP contribution in [0.5, 0.6) is 0 Å². The van der Waals surface area contributed by atoms with E-state index in [9.17, 15) is 9.59 Å². The molecule has 0 amide bonds. The van der Waals surface area contributed by atoms with Gasteiger partial charge in [-0.2, -0.15) is 0 Å². The van der Waals surface area contributed by atoms with Crippen molar-refractivity contribution in [3.8, 4) is 0 Å². The second kappa shape index (κ2) is 7.39. The number of hydrogen-bond acceptors (Lipinski definition) is 5. The largest absolute Gasteiger partial charge is 0.461 e. The number of nitrogens with zero attached hydrogens (tertiary/aromatic N) is 1. The van der Waals surface area contributed by atoms with Crippen molar-refractivity contribution in [2.75, 3.05) is 6.61 Å². The average Bonchev–Trinajstić information content (AvgIpc) is 2.94. The second-order valence-corrected chi connectivity index (χ2v) is 5.92. The van der Waals surface area contributed by atoms with Gasteiger partial charge in [0.05, 0.1) is 23.4 Å². The minimum Gasteiger partial charge on any atom is -0.461 e. The van der Waals surface area contributed by atoms with Gasteiger partial charge in [0.2, 0.25) is 0 Å². The number of benzene rings is 1. The first-order chi connectivity index (χ1) is 12.5. The molecule has 2 aromatic heterocycles. The van der Waals surface area contributed by atoms with Gasteiger partial charge < -0.3 is 14.5 Å². The van der Waals surface area contributed by atoms with Crippen LogP contribution in [-0.4, -0.2) is 28.5 Å². The van der Waals surface area contributed by atoms with Gasteiger partial charge in [-0.3, -0.25) is 0 Å². The molecule has 0 saturated carbocycles. The van der Waals surface area contributed by atoms with Gasteiger partial charge in [-0.05, 0) is 38.5 Å². The second-order valence-electron chi connectivity index (χ2n) is 5.92. The molecular weight excluding hydrogens is 332 g/mol. The Morgan fingerprint density at radius 2 is 1.81 bits per heavy atom. The molecule has 6 heteroatoms. The predicted octanol–water partition coefficient (Wildman–Crippen LogP) is 3.71. The van der Waals surface area contributed by atoms with E-state index in [1.54, 1.807) is 20.8 Å². The van der Waals surface area contributed by atoms with Crippen LogP contribution in [0.25, 0.3) is 10.9 Å². The maximum atomic E-state index is 12.5. The number of para-hydroxylation sites is 1. The SMILES string of the molecule is CCOC(=O)c1[nH]c(C)c(C(=O)OCc2ccc3ccccc3n2)c1C. The van der Waals surface area contributed by atoms with Crippen LogP contribution in [0, 0.1) is 13.8 Å². The van der Waals surface area contributed by atoms with Crippen molar-refractivity contribution in [3.63, 3.8) is 0 Å². The van der Waals surface area contributed by atoms with E-state index in [0.29, 0.717) is 22.5 Å². The Morgan fingerprint density at radius 1 is 1.04 bits per heavy atom. The normalized spacial score (nSPS) is 10.7. The number of fused-ring (bicyclic) bond motifs is 1. The lowest BCUT2D eigenvalue weighted by atomic mass is 10.1. The number of nitrogens with one attached hydrogen (secondary N) is 1. The van der Waals surface area contributed by atoms with E-state index < -0.39 is 11.9 Å². The number of aromatic amines is 1. The molecule has 6 nitrogen and oxygen atoms in total. The first-order valence-corrected chi connectivity index (χ1v) is 8.39. The van der Waals surface area contributed by atoms with Gasteiger partial charge in [0.1, 0.15) is 12.3 Å². The van der Waals surface area contributed by atoms with Crippen molar-refractivity contribution in [2.45, 2.75) is 27.4 Å². The lowest BCUT2D eigenvalue weighted by Crippen LogP contribution is -2.09. The number of aryl methyl sites for hydroxylation is 1. The molecule has 0 aliphatic rings. The van der Waals surface area contributed by atoms with Gasteiger partial charge in [0.25, 0.3) is 0 Å². The molecule has 2 heterocycles. The summed E-state index contributed by atoms with van der Waals surface area (Å²) in [5, 5.41) is 1.03. The van der Waals surface area contributed by atoms with Gasteiger partial charge in [-0.15, -0.1) is 0 Å². The van der Waals surface area contributed by atoms with E-state index in [0.717, 1.165) is 10.9 Å². The van der Waals surface area contributed by atoms with Crippen LogP contribution in [0.1, 0.15) is 44.7 Å². The van der Waals surface area contributed by atoms with Crippen LogP contribution in [0.3, 0.4) is 0 Å². The average molecular weight is 352 g/mol. The number of H-pyrrole nitrogens is 1. The van der Waals surface area contributed by atoms with E-state index in [1.165, 1.54) is 0 Å². The zero-order chi connectivity index (χ0) is 18.7. The number of carbonyl (C=O) groups is 2. The highest BCUT2D eigenvalue weighted by Crippen LogP contribution is 2.20. The van der Waals surface area contributed by atoms with Crippen LogP contribution in [-0.2, 0) is 16.1 Å². The molecule has 0 atom stereocenters. The fourth-order valence-corrected chi connectivity index (χ4v) is 2.86. The number of carbonyl (C=O) groups excluding carboxylic acids is 2. The van der Waals surface area contributed by atoms with Crippen LogP contribution < -0.4 is 0 Å². The summed E-state index contributed by atoms with van der Waals surface area (Å²) in [4.78, 5) is 31.8. The molecule has 134 valence electrons. The standard InChI is InChI=1S/C20H20N2O4/c1-4-25-20(24)18-12(2)17(13(3)21-18)19(23)26-11-15-10-9-14-7-5-6-8-16(14)22-15/h5-10,21H,4,11H2,1-3H3. The third kappa shape index (κ3) is 3.44. The summed E-state index contributed by atoms with van der Waals surface area (Å²) in [6.07, 6.45) is 0. The molecular formula is C20H20N2O4. The Hall–Kier alpha value is -3.15. The van der Waals surface area contributed by atoms with Crippen molar-refractivity contribution in [1.82, 2.24) is 9.97 Å². The fourth-order valence-electron chi connectivity index (χ4n) is 2.86. The minimum atomic E-state index is -0.498. The third-order valence-corrected chi connectivity index (χ3v) is 4.13. The Morgan fingerprint density at radius 3 is 2.58 bits per heavy atom. The molecule has 3 aromatic rings. The highest BCUT2D eigenvalue weighted by atomic mass is 16.5. The van der Waals surface area contributed by atoms with Crippen molar-refractivity contribution < 1.29 is 19.1 Å². The summed E-state index contributed by atoms with van der Waals surface area (Å²) in [6.45, 7) is 5.47. The topological polar surface area (TPSA) is 81.3 Å². The Bertz CT molecular complexity index is 975. The molecule has 0 aliphatic carbocycles. The monoisotopic (exact) mass is 352 g/mol. The first kappa shape index (κ1) is 17.7. The van der Waals surface area contributed by atoms with Crippen LogP contribution >= 0.6 is 0 Å². The Balaban J connectivity index is 1.76. The van der Waals surface area contributed by atoms with E-state index in [4.69, 9.17) is 9.47 Å². The molecule has 1 aromatic carbocycles. The summed E-state index contributed by atoms with van der Waals surface area (Å²) in [7, 11) is 0. The van der Waals surface area contributed by atoms with Gasteiger partial charge in [0.15, 0.2) is 0 Å². The third-order valence-electron chi connectivity index (χ3n) is 4.13. The van der Waals surface area contributed by atoms with Crippen LogP contribution in [0.4, 0.5) is 0 Å². The van der Waals surface area contributed by atoms with E-state index >= 15 is 0 Å². The van der Waals surface area contributed by atoms with Crippen LogP contribution in [0.2, 0.25) is 0 Å². The molecule has 0 spiro atoms. The van der Waals surface area contributed by atoms with Gasteiger partial charge in [0, 0.05) is 11.1 Å². The summed E-state index contributed by atoms with van der Waals surface area (Å²) in [6, 6.07) is 11.5. The molecule has 0 fully saturated rings. The van der Waals surface area contributed by atoms with Crippen molar-refractivity contribution in [2.24, 2.45) is 0 Å². The molecule has 3 rings (SSSR count). The van der Waals surface area contributed by atoms with Crippen molar-refractivity contribution in [1.29, 1.82) is 0 Å². The molecule has 0 saturated heterocycles. The maximum Gasteiger partial charge on any atom is 0.355 e. The molecule has 0 bridgehead atoms. The fraction of sp³-hybridized carbons (Fsp3) is 0.250. The summed E-state index contributed by atoms with van der Waals surface area (Å²) in [5.74, 6) is -0.981. The Kier molecular flexibility index (Phi) is 5.02. The number of aromatic nitrogens is 2. The number of rotatable bonds is 5. The quantitative estimate of drug-likeness (QED) is 0.708. The molecule has 0 unspecified atom stereocenters. The summed E-state index contributed by atoms with van der Waals surface area (Å²) in [5.41, 5.74) is 3.24. The van der Waals surface area contributed by atoms with Gasteiger partial charge >= 0.3 is 11.9 Å². The molecule has 0 radical (unpaired) electrons. The number of ether oxygens (including phenoxy) is 2. The number of hydrogen-bond donors (Lipinski definition) is 1. The first-order valence-electron chi connectivity index (χ1n) is 8.39. The van der Waals surface area contributed by atoms with Gasteiger partial charge in [-0.25, -0.2) is 14.6 Å². The highest BCUT2D eigenvalue weighted by Gasteiger charge is 2.23. The van der Waals surface area contributed by atoms with E-state index in [2.05, 4.69) is 9.97 Å². The highest BCUT2D eigenvalue weighted by molar-refractivity contribution is 5.98. The van der Waals surface area contributed by atoms with E-state index in [1.807, 2.05) is 36.4 Å².